The predicted octanol–water partition coefficient (Wildman–Crippen LogP) is 3.90. The monoisotopic (exact) mass is 480 g/mol. The second-order valence-electron chi connectivity index (χ2n) is 7.39. The second kappa shape index (κ2) is 11.2. The molecule has 2 amide bonds. The van der Waals surface area contributed by atoms with Crippen LogP contribution in [0.25, 0.3) is 0 Å². The Morgan fingerprint density at radius 3 is 2.65 bits per heavy atom. The van der Waals surface area contributed by atoms with Crippen LogP contribution in [0, 0.1) is 17.0 Å². The highest BCUT2D eigenvalue weighted by atomic mass is 32.2. The first-order valence-electron chi connectivity index (χ1n) is 10.4. The van der Waals surface area contributed by atoms with Crippen molar-refractivity contribution in [2.24, 2.45) is 0 Å². The third kappa shape index (κ3) is 6.07. The lowest BCUT2D eigenvalue weighted by molar-refractivity contribution is -0.384. The summed E-state index contributed by atoms with van der Waals surface area (Å²) in [6.07, 6.45) is 1.68. The molecule has 2 N–H and O–H groups in total. The van der Waals surface area contributed by atoms with Crippen molar-refractivity contribution in [3.63, 3.8) is 0 Å². The van der Waals surface area contributed by atoms with Crippen molar-refractivity contribution in [3.05, 3.63) is 88.3 Å². The zero-order chi connectivity index (χ0) is 24.7. The number of nitro benzene ring substituents is 1. The van der Waals surface area contributed by atoms with Crippen molar-refractivity contribution in [2.45, 2.75) is 31.6 Å². The summed E-state index contributed by atoms with van der Waals surface area (Å²) in [5.74, 6) is -0.0279. The van der Waals surface area contributed by atoms with Crippen molar-refractivity contribution in [1.82, 2.24) is 20.1 Å². The predicted molar refractivity (Wildman–Crippen MR) is 130 cm³/mol. The average molecular weight is 481 g/mol. The van der Waals surface area contributed by atoms with Crippen LogP contribution in [0.4, 0.5) is 11.4 Å². The SMILES string of the molecule is C=CCn1c(SCC(=O)Nc2cc([N+](=O)[O-])ccc2C)nnc1[C@@H](C)NC(=O)c1ccccc1. The van der Waals surface area contributed by atoms with E-state index in [4.69, 9.17) is 0 Å². The molecule has 10 nitrogen and oxygen atoms in total. The molecule has 0 aliphatic heterocycles. The Morgan fingerprint density at radius 1 is 1.24 bits per heavy atom. The summed E-state index contributed by atoms with van der Waals surface area (Å²) in [7, 11) is 0. The van der Waals surface area contributed by atoms with Gasteiger partial charge in [-0.2, -0.15) is 0 Å². The van der Waals surface area contributed by atoms with E-state index in [-0.39, 0.29) is 23.3 Å². The molecule has 1 atom stereocenters. The number of nitro groups is 1. The van der Waals surface area contributed by atoms with E-state index in [1.807, 2.05) is 6.07 Å². The summed E-state index contributed by atoms with van der Waals surface area (Å²) in [4.78, 5) is 35.5. The Hall–Kier alpha value is -3.99. The maximum absolute atomic E-state index is 12.5. The van der Waals surface area contributed by atoms with Gasteiger partial charge in [0.1, 0.15) is 0 Å². The quantitative estimate of drug-likeness (QED) is 0.195. The number of nitrogens with zero attached hydrogens (tertiary/aromatic N) is 4. The Balaban J connectivity index is 1.68. The van der Waals surface area contributed by atoms with Gasteiger partial charge in [0.2, 0.25) is 5.91 Å². The third-order valence-corrected chi connectivity index (χ3v) is 5.83. The van der Waals surface area contributed by atoms with E-state index >= 15 is 0 Å². The molecule has 3 rings (SSSR count). The summed E-state index contributed by atoms with van der Waals surface area (Å²) in [6, 6.07) is 12.7. The first-order chi connectivity index (χ1) is 16.3. The zero-order valence-corrected chi connectivity index (χ0v) is 19.5. The number of nitrogens with one attached hydrogen (secondary N) is 2. The number of non-ortho nitro benzene ring substituents is 1. The fourth-order valence-electron chi connectivity index (χ4n) is 3.14. The molecule has 0 aliphatic rings. The number of hydrogen-bond donors (Lipinski definition) is 2. The van der Waals surface area contributed by atoms with Crippen LogP contribution in [0.5, 0.6) is 0 Å². The summed E-state index contributed by atoms with van der Waals surface area (Å²) >= 11 is 1.17. The lowest BCUT2D eigenvalue weighted by Gasteiger charge is -2.15. The minimum atomic E-state index is -0.513. The molecule has 0 unspecified atom stereocenters. The molecular weight excluding hydrogens is 456 g/mol. The number of carbonyl (C=O) groups is 2. The number of amides is 2. The normalized spacial score (nSPS) is 11.5. The Labute approximate surface area is 200 Å². The number of allylic oxidation sites excluding steroid dienone is 1. The van der Waals surface area contributed by atoms with E-state index in [1.54, 1.807) is 54.8 Å². The minimum absolute atomic E-state index is 0.0160. The largest absolute Gasteiger partial charge is 0.342 e. The highest BCUT2D eigenvalue weighted by Gasteiger charge is 2.20. The number of aryl methyl sites for hydroxylation is 1. The van der Waals surface area contributed by atoms with Gasteiger partial charge in [-0.15, -0.1) is 16.8 Å². The van der Waals surface area contributed by atoms with E-state index < -0.39 is 11.0 Å². The van der Waals surface area contributed by atoms with Gasteiger partial charge in [0.05, 0.1) is 22.4 Å². The van der Waals surface area contributed by atoms with Crippen LogP contribution in [0.3, 0.4) is 0 Å². The van der Waals surface area contributed by atoms with E-state index in [9.17, 15) is 19.7 Å². The van der Waals surface area contributed by atoms with Crippen LogP contribution < -0.4 is 10.6 Å². The van der Waals surface area contributed by atoms with Gasteiger partial charge >= 0.3 is 0 Å². The molecular formula is C23H24N6O4S. The van der Waals surface area contributed by atoms with Gasteiger partial charge in [-0.25, -0.2) is 0 Å². The average Bonchev–Trinajstić information content (AvgIpc) is 3.22. The molecule has 176 valence electrons. The van der Waals surface area contributed by atoms with Crippen molar-refractivity contribution < 1.29 is 14.5 Å². The smallest absolute Gasteiger partial charge is 0.271 e. The molecule has 1 aromatic heterocycles. The van der Waals surface area contributed by atoms with Crippen molar-refractivity contribution in [3.8, 4) is 0 Å². The molecule has 0 aliphatic carbocycles. The summed E-state index contributed by atoms with van der Waals surface area (Å²) in [6.45, 7) is 7.71. The molecule has 0 bridgehead atoms. The lowest BCUT2D eigenvalue weighted by Crippen LogP contribution is -2.28. The van der Waals surface area contributed by atoms with Crippen molar-refractivity contribution >= 4 is 35.0 Å². The molecule has 34 heavy (non-hydrogen) atoms. The molecule has 1 heterocycles. The van der Waals surface area contributed by atoms with E-state index in [1.165, 1.54) is 23.9 Å². The second-order valence-corrected chi connectivity index (χ2v) is 8.34. The number of anilines is 1. The molecule has 3 aromatic rings. The van der Waals surface area contributed by atoms with Gasteiger partial charge in [-0.1, -0.05) is 42.1 Å². The number of rotatable bonds is 10. The molecule has 0 spiro atoms. The fraction of sp³-hybridized carbons (Fsp3) is 0.217. The maximum Gasteiger partial charge on any atom is 0.271 e. The molecule has 11 heteroatoms. The number of hydrogen-bond acceptors (Lipinski definition) is 7. The lowest BCUT2D eigenvalue weighted by atomic mass is 10.2. The van der Waals surface area contributed by atoms with Crippen LogP contribution in [-0.4, -0.2) is 37.3 Å². The van der Waals surface area contributed by atoms with E-state index in [0.717, 1.165) is 0 Å². The van der Waals surface area contributed by atoms with Gasteiger partial charge in [0, 0.05) is 24.2 Å². The van der Waals surface area contributed by atoms with Crippen LogP contribution in [0.2, 0.25) is 0 Å². The standard InChI is InChI=1S/C23H24N6O4S/c1-4-12-28-21(16(3)24-22(31)17-8-6-5-7-9-17)26-27-23(28)34-14-20(30)25-19-13-18(29(32)33)11-10-15(19)2/h4-11,13,16H,1,12,14H2,2-3H3,(H,24,31)(H,25,30)/t16-/m1/s1. The Kier molecular flexibility index (Phi) is 8.14. The Morgan fingerprint density at radius 2 is 1.97 bits per heavy atom. The van der Waals surface area contributed by atoms with Crippen LogP contribution in [0.15, 0.2) is 66.3 Å². The molecule has 2 aromatic carbocycles. The molecule has 0 radical (unpaired) electrons. The van der Waals surface area contributed by atoms with Crippen LogP contribution in [-0.2, 0) is 11.3 Å². The van der Waals surface area contributed by atoms with Gasteiger partial charge in [-0.3, -0.25) is 19.7 Å². The third-order valence-electron chi connectivity index (χ3n) is 4.87. The van der Waals surface area contributed by atoms with E-state index in [0.29, 0.717) is 34.3 Å². The first-order valence-corrected chi connectivity index (χ1v) is 11.4. The summed E-state index contributed by atoms with van der Waals surface area (Å²) < 4.78 is 1.78. The Bertz CT molecular complexity index is 1210. The molecule has 0 saturated heterocycles. The molecule has 0 saturated carbocycles. The number of benzene rings is 2. The highest BCUT2D eigenvalue weighted by Crippen LogP contribution is 2.24. The topological polar surface area (TPSA) is 132 Å². The fourth-order valence-corrected chi connectivity index (χ4v) is 3.89. The zero-order valence-electron chi connectivity index (χ0n) is 18.7. The maximum atomic E-state index is 12.5. The molecule has 0 fully saturated rings. The van der Waals surface area contributed by atoms with Gasteiger partial charge < -0.3 is 15.2 Å². The summed E-state index contributed by atoms with van der Waals surface area (Å²) in [5, 5.41) is 25.5. The van der Waals surface area contributed by atoms with Crippen molar-refractivity contribution in [2.75, 3.05) is 11.1 Å². The first kappa shape index (κ1) is 24.6. The summed E-state index contributed by atoms with van der Waals surface area (Å²) in [5.41, 5.74) is 1.52. The number of aromatic nitrogens is 3. The number of carbonyl (C=O) groups excluding carboxylic acids is 2. The number of thioether (sulfide) groups is 1. The van der Waals surface area contributed by atoms with E-state index in [2.05, 4.69) is 27.4 Å². The van der Waals surface area contributed by atoms with Crippen molar-refractivity contribution in [1.29, 1.82) is 0 Å². The van der Waals surface area contributed by atoms with Gasteiger partial charge in [0.25, 0.3) is 11.6 Å². The van der Waals surface area contributed by atoms with Gasteiger partial charge in [-0.05, 0) is 31.5 Å². The van der Waals surface area contributed by atoms with Gasteiger partial charge in [0.15, 0.2) is 11.0 Å². The van der Waals surface area contributed by atoms with Crippen LogP contribution >= 0.6 is 11.8 Å². The minimum Gasteiger partial charge on any atom is -0.342 e. The van der Waals surface area contributed by atoms with Crippen LogP contribution in [0.1, 0.15) is 34.7 Å². The highest BCUT2D eigenvalue weighted by molar-refractivity contribution is 7.99.